The summed E-state index contributed by atoms with van der Waals surface area (Å²) in [5.74, 6) is -1.37. The molecule has 0 atom stereocenters. The van der Waals surface area contributed by atoms with Gasteiger partial charge in [-0.15, -0.1) is 0 Å². The van der Waals surface area contributed by atoms with Gasteiger partial charge in [0.15, 0.2) is 0 Å². The Morgan fingerprint density at radius 1 is 1.38 bits per heavy atom. The second kappa shape index (κ2) is 8.23. The van der Waals surface area contributed by atoms with Crippen LogP contribution >= 0.6 is 11.6 Å². The Hall–Kier alpha value is -3.24. The SMILES string of the molecule is CCc1ccc(/C=C(\C#N)C(=O)Nc2ccc(F)c(Cl)c2)cc1[N+](=O)[O-]. The molecule has 0 heterocycles. The van der Waals surface area contributed by atoms with Crippen LogP contribution in [0.3, 0.4) is 0 Å². The topological polar surface area (TPSA) is 96.0 Å². The fraction of sp³-hybridized carbons (Fsp3) is 0.111. The van der Waals surface area contributed by atoms with Crippen molar-refractivity contribution in [3.63, 3.8) is 0 Å². The van der Waals surface area contributed by atoms with E-state index in [1.165, 1.54) is 24.3 Å². The predicted octanol–water partition coefficient (Wildman–Crippen LogP) is 4.50. The molecule has 6 nitrogen and oxygen atoms in total. The highest BCUT2D eigenvalue weighted by Crippen LogP contribution is 2.23. The minimum absolute atomic E-state index is 0.0794. The van der Waals surface area contributed by atoms with E-state index in [2.05, 4.69) is 5.32 Å². The van der Waals surface area contributed by atoms with E-state index in [0.717, 1.165) is 6.07 Å². The first kappa shape index (κ1) is 19.1. The van der Waals surface area contributed by atoms with Gasteiger partial charge < -0.3 is 5.32 Å². The molecular weight excluding hydrogens is 361 g/mol. The fourth-order valence-electron chi connectivity index (χ4n) is 2.23. The third-order valence-corrected chi connectivity index (χ3v) is 3.83. The van der Waals surface area contributed by atoms with Gasteiger partial charge in [0.1, 0.15) is 17.5 Å². The fourth-order valence-corrected chi connectivity index (χ4v) is 2.41. The van der Waals surface area contributed by atoms with Crippen molar-refractivity contribution in [3.05, 3.63) is 74.1 Å². The van der Waals surface area contributed by atoms with Crippen LogP contribution in [-0.2, 0) is 11.2 Å². The number of nitro groups is 1. The molecule has 0 spiro atoms. The summed E-state index contributed by atoms with van der Waals surface area (Å²) in [7, 11) is 0. The summed E-state index contributed by atoms with van der Waals surface area (Å²) in [6.45, 7) is 1.79. The largest absolute Gasteiger partial charge is 0.321 e. The molecular formula is C18H13ClFN3O3. The van der Waals surface area contributed by atoms with Crippen molar-refractivity contribution in [2.45, 2.75) is 13.3 Å². The smallest absolute Gasteiger partial charge is 0.273 e. The lowest BCUT2D eigenvalue weighted by atomic mass is 10.0. The zero-order valence-corrected chi connectivity index (χ0v) is 14.4. The Kier molecular flexibility index (Phi) is 6.04. The summed E-state index contributed by atoms with van der Waals surface area (Å²) in [4.78, 5) is 22.8. The van der Waals surface area contributed by atoms with Crippen LogP contribution in [0.15, 0.2) is 42.0 Å². The number of amides is 1. The van der Waals surface area contributed by atoms with Gasteiger partial charge >= 0.3 is 0 Å². The van der Waals surface area contributed by atoms with Crippen molar-refractivity contribution in [2.24, 2.45) is 0 Å². The molecule has 2 rings (SSSR count). The molecule has 0 aliphatic carbocycles. The average molecular weight is 374 g/mol. The minimum atomic E-state index is -0.739. The molecule has 0 bridgehead atoms. The summed E-state index contributed by atoms with van der Waals surface area (Å²) in [6, 6.07) is 9.82. The Balaban J connectivity index is 2.30. The van der Waals surface area contributed by atoms with Crippen molar-refractivity contribution in [1.29, 1.82) is 5.26 Å². The van der Waals surface area contributed by atoms with E-state index in [4.69, 9.17) is 11.6 Å². The number of hydrogen-bond donors (Lipinski definition) is 1. The maximum atomic E-state index is 13.1. The van der Waals surface area contributed by atoms with Crippen molar-refractivity contribution >= 4 is 35.0 Å². The number of carbonyl (C=O) groups excluding carboxylic acids is 1. The summed E-state index contributed by atoms with van der Waals surface area (Å²) in [5.41, 5.74) is 0.775. The van der Waals surface area contributed by atoms with Crippen molar-refractivity contribution in [3.8, 4) is 6.07 Å². The van der Waals surface area contributed by atoms with Gasteiger partial charge in [-0.05, 0) is 36.3 Å². The Morgan fingerprint density at radius 3 is 2.69 bits per heavy atom. The van der Waals surface area contributed by atoms with E-state index in [1.807, 2.05) is 0 Å². The van der Waals surface area contributed by atoms with Crippen LogP contribution in [0.1, 0.15) is 18.1 Å². The molecule has 2 aromatic rings. The van der Waals surface area contributed by atoms with E-state index < -0.39 is 16.6 Å². The first-order valence-corrected chi connectivity index (χ1v) is 7.89. The highest BCUT2D eigenvalue weighted by molar-refractivity contribution is 6.31. The number of nitrogens with zero attached hydrogens (tertiary/aromatic N) is 2. The van der Waals surface area contributed by atoms with Gasteiger partial charge in [-0.2, -0.15) is 5.26 Å². The van der Waals surface area contributed by atoms with Crippen molar-refractivity contribution in [1.82, 2.24) is 0 Å². The van der Waals surface area contributed by atoms with Gasteiger partial charge in [0.05, 0.1) is 9.95 Å². The predicted molar refractivity (Wildman–Crippen MR) is 96.1 cm³/mol. The van der Waals surface area contributed by atoms with Crippen LogP contribution in [0.5, 0.6) is 0 Å². The number of hydrogen-bond acceptors (Lipinski definition) is 4. The van der Waals surface area contributed by atoms with Crippen LogP contribution < -0.4 is 5.32 Å². The van der Waals surface area contributed by atoms with Crippen molar-refractivity contribution < 1.29 is 14.1 Å². The van der Waals surface area contributed by atoms with E-state index >= 15 is 0 Å². The second-order valence-electron chi connectivity index (χ2n) is 5.25. The third-order valence-electron chi connectivity index (χ3n) is 3.54. The van der Waals surface area contributed by atoms with Gasteiger partial charge in [0, 0.05) is 17.3 Å². The van der Waals surface area contributed by atoms with Gasteiger partial charge in [-0.25, -0.2) is 4.39 Å². The molecule has 0 unspecified atom stereocenters. The van der Waals surface area contributed by atoms with Gasteiger partial charge in [-0.1, -0.05) is 30.7 Å². The van der Waals surface area contributed by atoms with Gasteiger partial charge in [0.25, 0.3) is 11.6 Å². The quantitative estimate of drug-likeness (QED) is 0.361. The maximum Gasteiger partial charge on any atom is 0.273 e. The van der Waals surface area contributed by atoms with Crippen LogP contribution in [0.25, 0.3) is 6.08 Å². The van der Waals surface area contributed by atoms with Crippen LogP contribution in [0.2, 0.25) is 5.02 Å². The third kappa shape index (κ3) is 4.43. The van der Waals surface area contributed by atoms with E-state index in [9.17, 15) is 24.6 Å². The lowest BCUT2D eigenvalue weighted by Crippen LogP contribution is -2.13. The number of aryl methyl sites for hydroxylation is 1. The number of anilines is 1. The number of nitro benzene ring substituents is 1. The standard InChI is InChI=1S/C18H13ClFN3O3/c1-2-12-4-3-11(8-17(12)23(25)26)7-13(10-21)18(24)22-14-5-6-16(20)15(19)9-14/h3-9H,2H2,1H3,(H,22,24)/b13-7+. The van der Waals surface area contributed by atoms with E-state index in [0.29, 0.717) is 17.5 Å². The number of halogens is 2. The zero-order valence-electron chi connectivity index (χ0n) is 13.6. The van der Waals surface area contributed by atoms with E-state index in [-0.39, 0.29) is 22.0 Å². The monoisotopic (exact) mass is 373 g/mol. The summed E-state index contributed by atoms with van der Waals surface area (Å²) in [6.07, 6.45) is 1.73. The summed E-state index contributed by atoms with van der Waals surface area (Å²) in [5, 5.41) is 22.6. The number of nitrogens with one attached hydrogen (secondary N) is 1. The molecule has 0 fully saturated rings. The number of benzene rings is 2. The maximum absolute atomic E-state index is 13.1. The van der Waals surface area contributed by atoms with Crippen molar-refractivity contribution in [2.75, 3.05) is 5.32 Å². The first-order valence-electron chi connectivity index (χ1n) is 7.51. The van der Waals surface area contributed by atoms with E-state index in [1.54, 1.807) is 25.1 Å². The summed E-state index contributed by atoms with van der Waals surface area (Å²) < 4.78 is 13.1. The highest BCUT2D eigenvalue weighted by Gasteiger charge is 2.15. The number of rotatable bonds is 5. The van der Waals surface area contributed by atoms with Crippen LogP contribution in [-0.4, -0.2) is 10.8 Å². The molecule has 132 valence electrons. The molecule has 26 heavy (non-hydrogen) atoms. The normalized spacial score (nSPS) is 10.9. The molecule has 0 aliphatic rings. The molecule has 0 aliphatic heterocycles. The van der Waals surface area contributed by atoms with Gasteiger partial charge in [0.2, 0.25) is 0 Å². The average Bonchev–Trinajstić information content (AvgIpc) is 2.62. The van der Waals surface area contributed by atoms with Gasteiger partial charge in [-0.3, -0.25) is 14.9 Å². The minimum Gasteiger partial charge on any atom is -0.321 e. The lowest BCUT2D eigenvalue weighted by molar-refractivity contribution is -0.385. The molecule has 0 aromatic heterocycles. The molecule has 8 heteroatoms. The molecule has 1 N–H and O–H groups in total. The molecule has 1 amide bonds. The Bertz CT molecular complexity index is 951. The molecule has 2 aromatic carbocycles. The number of nitriles is 1. The molecule has 0 saturated carbocycles. The second-order valence-corrected chi connectivity index (χ2v) is 5.66. The Labute approximate surface area is 153 Å². The molecule has 0 radical (unpaired) electrons. The Morgan fingerprint density at radius 2 is 2.12 bits per heavy atom. The highest BCUT2D eigenvalue weighted by atomic mass is 35.5. The van der Waals surface area contributed by atoms with Crippen LogP contribution in [0.4, 0.5) is 15.8 Å². The lowest BCUT2D eigenvalue weighted by Gasteiger charge is -2.06. The first-order chi connectivity index (χ1) is 12.3. The number of carbonyl (C=O) groups is 1. The summed E-state index contributed by atoms with van der Waals surface area (Å²) >= 11 is 5.65. The molecule has 0 saturated heterocycles. The zero-order chi connectivity index (χ0) is 19.3. The van der Waals surface area contributed by atoms with Crippen LogP contribution in [0, 0.1) is 27.3 Å².